The van der Waals surface area contributed by atoms with Gasteiger partial charge in [0.15, 0.2) is 0 Å². The molecule has 2 aromatic carbocycles. The normalized spacial score (nSPS) is 12.1. The zero-order chi connectivity index (χ0) is 22.0. The number of fused-ring (bicyclic) bond motifs is 1. The molecule has 0 saturated carbocycles. The summed E-state index contributed by atoms with van der Waals surface area (Å²) in [5.74, 6) is -0.0113. The van der Waals surface area contributed by atoms with Crippen molar-refractivity contribution in [3.8, 4) is 0 Å². The number of nitrogens with zero attached hydrogens (tertiary/aromatic N) is 4. The molecule has 1 N–H and O–H groups in total. The first-order chi connectivity index (χ1) is 14.9. The summed E-state index contributed by atoms with van der Waals surface area (Å²) in [6, 6.07) is 13.7. The highest BCUT2D eigenvalue weighted by Gasteiger charge is 2.21. The Bertz CT molecular complexity index is 1240. The van der Waals surface area contributed by atoms with Crippen LogP contribution in [0.1, 0.15) is 40.5 Å². The molecule has 158 valence electrons. The zero-order valence-electron chi connectivity index (χ0n) is 17.1. The molecule has 0 spiro atoms. The Morgan fingerprint density at radius 2 is 1.97 bits per heavy atom. The number of hydrogen-bond donors (Lipinski definition) is 1. The summed E-state index contributed by atoms with van der Waals surface area (Å²) in [6.45, 7) is 3.84. The van der Waals surface area contributed by atoms with Gasteiger partial charge in [0, 0.05) is 27.8 Å². The van der Waals surface area contributed by atoms with E-state index >= 15 is 0 Å². The molecule has 0 bridgehead atoms. The molecule has 0 radical (unpaired) electrons. The van der Waals surface area contributed by atoms with Crippen molar-refractivity contribution in [2.75, 3.05) is 0 Å². The summed E-state index contributed by atoms with van der Waals surface area (Å²) < 4.78 is 17.0. The smallest absolute Gasteiger partial charge is 0.252 e. The second-order valence-corrected chi connectivity index (χ2v) is 8.23. The van der Waals surface area contributed by atoms with Gasteiger partial charge in [-0.05, 0) is 43.5 Å². The SMILES string of the molecule is Cc1nc2ncnn2c(C)c1CCC(=O)NC(c1ccccc1)c1ccc(Br)cc1F. The van der Waals surface area contributed by atoms with E-state index in [2.05, 4.69) is 36.3 Å². The summed E-state index contributed by atoms with van der Waals surface area (Å²) in [5, 5.41) is 7.19. The van der Waals surface area contributed by atoms with E-state index in [4.69, 9.17) is 0 Å². The highest BCUT2D eigenvalue weighted by atomic mass is 79.9. The number of rotatable bonds is 6. The lowest BCUT2D eigenvalue weighted by Crippen LogP contribution is -2.30. The highest BCUT2D eigenvalue weighted by Crippen LogP contribution is 2.27. The first-order valence-electron chi connectivity index (χ1n) is 9.89. The first-order valence-corrected chi connectivity index (χ1v) is 10.7. The van der Waals surface area contributed by atoms with Gasteiger partial charge in [-0.15, -0.1) is 0 Å². The van der Waals surface area contributed by atoms with E-state index in [1.165, 1.54) is 12.4 Å². The number of aryl methyl sites for hydroxylation is 2. The van der Waals surface area contributed by atoms with Gasteiger partial charge in [-0.2, -0.15) is 10.1 Å². The molecular formula is C23H21BrFN5O. The van der Waals surface area contributed by atoms with Gasteiger partial charge in [0.1, 0.15) is 12.1 Å². The van der Waals surface area contributed by atoms with Crippen LogP contribution in [0.3, 0.4) is 0 Å². The van der Waals surface area contributed by atoms with E-state index in [-0.39, 0.29) is 18.1 Å². The molecule has 6 nitrogen and oxygen atoms in total. The topological polar surface area (TPSA) is 72.2 Å². The molecule has 31 heavy (non-hydrogen) atoms. The zero-order valence-corrected chi connectivity index (χ0v) is 18.7. The van der Waals surface area contributed by atoms with Crippen LogP contribution in [0.2, 0.25) is 0 Å². The Kier molecular flexibility index (Phi) is 6.08. The van der Waals surface area contributed by atoms with Crippen LogP contribution < -0.4 is 5.32 Å². The minimum absolute atomic E-state index is 0.173. The van der Waals surface area contributed by atoms with E-state index in [0.29, 0.717) is 22.2 Å². The number of nitrogens with one attached hydrogen (secondary N) is 1. The highest BCUT2D eigenvalue weighted by molar-refractivity contribution is 9.10. The van der Waals surface area contributed by atoms with Gasteiger partial charge in [0.05, 0.1) is 6.04 Å². The number of carbonyl (C=O) groups is 1. The van der Waals surface area contributed by atoms with Crippen LogP contribution in [0.15, 0.2) is 59.3 Å². The fourth-order valence-corrected chi connectivity index (χ4v) is 4.04. The molecule has 4 rings (SSSR count). The summed E-state index contributed by atoms with van der Waals surface area (Å²) in [4.78, 5) is 21.5. The molecule has 0 aliphatic carbocycles. The number of halogens is 2. The van der Waals surface area contributed by atoms with Gasteiger partial charge in [-0.3, -0.25) is 4.79 Å². The van der Waals surface area contributed by atoms with Crippen molar-refractivity contribution >= 4 is 27.6 Å². The van der Waals surface area contributed by atoms with Crippen LogP contribution in [-0.4, -0.2) is 25.5 Å². The predicted octanol–water partition coefficient (Wildman–Crippen LogP) is 4.48. The van der Waals surface area contributed by atoms with Crippen molar-refractivity contribution in [2.45, 2.75) is 32.7 Å². The quantitative estimate of drug-likeness (QED) is 0.440. The predicted molar refractivity (Wildman–Crippen MR) is 119 cm³/mol. The number of amides is 1. The monoisotopic (exact) mass is 481 g/mol. The summed E-state index contributed by atoms with van der Waals surface area (Å²) in [5.41, 5.74) is 3.92. The number of aromatic nitrogens is 4. The number of hydrogen-bond acceptors (Lipinski definition) is 4. The molecule has 2 heterocycles. The number of carbonyl (C=O) groups excluding carboxylic acids is 1. The minimum Gasteiger partial charge on any atom is -0.345 e. The van der Waals surface area contributed by atoms with Gasteiger partial charge in [0.2, 0.25) is 5.91 Å². The third kappa shape index (κ3) is 4.49. The van der Waals surface area contributed by atoms with Crippen LogP contribution in [0, 0.1) is 19.7 Å². The third-order valence-electron chi connectivity index (χ3n) is 5.30. The van der Waals surface area contributed by atoms with Gasteiger partial charge < -0.3 is 5.32 Å². The Morgan fingerprint density at radius 1 is 1.19 bits per heavy atom. The molecule has 2 aromatic heterocycles. The summed E-state index contributed by atoms with van der Waals surface area (Å²) in [7, 11) is 0. The lowest BCUT2D eigenvalue weighted by molar-refractivity contribution is -0.121. The van der Waals surface area contributed by atoms with Crippen molar-refractivity contribution in [1.29, 1.82) is 0 Å². The molecular weight excluding hydrogens is 461 g/mol. The van der Waals surface area contributed by atoms with Crippen molar-refractivity contribution in [2.24, 2.45) is 0 Å². The Balaban J connectivity index is 1.56. The van der Waals surface area contributed by atoms with Crippen LogP contribution in [0.25, 0.3) is 5.78 Å². The van der Waals surface area contributed by atoms with Gasteiger partial charge in [-0.25, -0.2) is 13.9 Å². The summed E-state index contributed by atoms with van der Waals surface area (Å²) in [6.07, 6.45) is 2.20. The second kappa shape index (κ2) is 8.93. The Hall–Kier alpha value is -3.13. The summed E-state index contributed by atoms with van der Waals surface area (Å²) >= 11 is 3.29. The molecule has 0 aliphatic heterocycles. The maximum atomic E-state index is 14.7. The van der Waals surface area contributed by atoms with Crippen LogP contribution in [0.5, 0.6) is 0 Å². The Labute approximate surface area is 187 Å². The van der Waals surface area contributed by atoms with E-state index in [0.717, 1.165) is 22.5 Å². The van der Waals surface area contributed by atoms with Crippen molar-refractivity contribution in [1.82, 2.24) is 24.9 Å². The first kappa shape index (κ1) is 21.1. The molecule has 1 atom stereocenters. The van der Waals surface area contributed by atoms with Crippen molar-refractivity contribution < 1.29 is 9.18 Å². The fraction of sp³-hybridized carbons (Fsp3) is 0.217. The van der Waals surface area contributed by atoms with Crippen molar-refractivity contribution in [3.05, 3.63) is 93.2 Å². The minimum atomic E-state index is -0.583. The molecule has 1 amide bonds. The average molecular weight is 482 g/mol. The van der Waals surface area contributed by atoms with E-state index in [1.54, 1.807) is 16.6 Å². The maximum absolute atomic E-state index is 14.7. The molecule has 0 saturated heterocycles. The van der Waals surface area contributed by atoms with Crippen LogP contribution in [-0.2, 0) is 11.2 Å². The van der Waals surface area contributed by atoms with E-state index in [9.17, 15) is 9.18 Å². The van der Waals surface area contributed by atoms with Gasteiger partial charge in [0.25, 0.3) is 5.78 Å². The van der Waals surface area contributed by atoms with Gasteiger partial charge >= 0.3 is 0 Å². The van der Waals surface area contributed by atoms with E-state index in [1.807, 2.05) is 44.2 Å². The lowest BCUT2D eigenvalue weighted by atomic mass is 9.97. The van der Waals surface area contributed by atoms with Crippen molar-refractivity contribution in [3.63, 3.8) is 0 Å². The van der Waals surface area contributed by atoms with Crippen LogP contribution >= 0.6 is 15.9 Å². The second-order valence-electron chi connectivity index (χ2n) is 7.31. The molecule has 0 aliphatic rings. The van der Waals surface area contributed by atoms with Crippen LogP contribution in [0.4, 0.5) is 4.39 Å². The molecule has 8 heteroatoms. The molecule has 0 fully saturated rings. The Morgan fingerprint density at radius 3 is 2.71 bits per heavy atom. The molecule has 4 aromatic rings. The van der Waals surface area contributed by atoms with Gasteiger partial charge in [-0.1, -0.05) is 52.3 Å². The number of benzene rings is 2. The fourth-order valence-electron chi connectivity index (χ4n) is 3.71. The average Bonchev–Trinajstić information content (AvgIpc) is 3.21. The lowest BCUT2D eigenvalue weighted by Gasteiger charge is -2.21. The third-order valence-corrected chi connectivity index (χ3v) is 5.80. The largest absolute Gasteiger partial charge is 0.345 e. The maximum Gasteiger partial charge on any atom is 0.252 e. The standard InChI is InChI=1S/C23H21BrFN5O/c1-14-18(15(2)30-23(28-14)26-13-27-30)10-11-21(31)29-22(16-6-4-3-5-7-16)19-9-8-17(24)12-20(19)25/h3-9,12-13,22H,10-11H2,1-2H3,(H,29,31). The molecule has 1 unspecified atom stereocenters. The van der Waals surface area contributed by atoms with E-state index < -0.39 is 6.04 Å².